The van der Waals surface area contributed by atoms with Gasteiger partial charge in [0.15, 0.2) is 12.6 Å². The number of carbonyl (C=O) groups excluding carboxylic acids is 1. The fourth-order valence-corrected chi connectivity index (χ4v) is 7.71. The van der Waals surface area contributed by atoms with Gasteiger partial charge in [0.2, 0.25) is 5.91 Å². The molecule has 398 valence electrons. The summed E-state index contributed by atoms with van der Waals surface area (Å²) in [5.74, 6) is -0.275. The molecule has 1 amide bonds. The van der Waals surface area contributed by atoms with Crippen LogP contribution in [0.15, 0.2) is 109 Å². The van der Waals surface area contributed by atoms with Gasteiger partial charge in [-0.25, -0.2) is 0 Å². The second-order valence-electron chi connectivity index (χ2n) is 17.9. The normalized spacial score (nSPS) is 26.9. The summed E-state index contributed by atoms with van der Waals surface area (Å²) >= 11 is 0. The Labute approximate surface area is 419 Å². The van der Waals surface area contributed by atoms with Gasteiger partial charge in [-0.05, 0) is 83.5 Å². The molecule has 0 aliphatic carbocycles. The van der Waals surface area contributed by atoms with Crippen LogP contribution in [0.3, 0.4) is 0 Å². The highest BCUT2D eigenvalue weighted by Gasteiger charge is 2.51. The van der Waals surface area contributed by atoms with Crippen molar-refractivity contribution in [3.63, 3.8) is 0 Å². The van der Waals surface area contributed by atoms with E-state index in [9.17, 15) is 45.6 Å². The Kier molecular flexibility index (Phi) is 36.9. The number of hydrogen-bond acceptors (Lipinski definition) is 13. The maximum absolute atomic E-state index is 13.1. The highest BCUT2D eigenvalue weighted by molar-refractivity contribution is 5.76. The van der Waals surface area contributed by atoms with Crippen molar-refractivity contribution in [3.05, 3.63) is 109 Å². The van der Waals surface area contributed by atoms with Crippen LogP contribution in [0.1, 0.15) is 142 Å². The fourth-order valence-electron chi connectivity index (χ4n) is 7.71. The molecule has 9 N–H and O–H groups in total. The van der Waals surface area contributed by atoms with E-state index in [2.05, 4.69) is 116 Å². The third-order valence-electron chi connectivity index (χ3n) is 12.0. The molecule has 2 heterocycles. The van der Waals surface area contributed by atoms with Gasteiger partial charge in [0, 0.05) is 6.42 Å². The van der Waals surface area contributed by atoms with E-state index in [4.69, 9.17) is 18.9 Å². The molecule has 70 heavy (non-hydrogen) atoms. The summed E-state index contributed by atoms with van der Waals surface area (Å²) in [7, 11) is 0. The highest BCUT2D eigenvalue weighted by Crippen LogP contribution is 2.30. The van der Waals surface area contributed by atoms with E-state index >= 15 is 0 Å². The van der Waals surface area contributed by atoms with Gasteiger partial charge in [0.1, 0.15) is 48.8 Å². The number of rotatable bonds is 38. The van der Waals surface area contributed by atoms with Crippen LogP contribution in [-0.2, 0) is 23.7 Å². The quantitative estimate of drug-likeness (QED) is 0.0219. The molecule has 2 saturated heterocycles. The SMILES string of the molecule is CC/C=C\C/C=C\C/C=C\C/C=C\C/C=C\C/C=C\C/C=C\C/C=C\CCCCCCC(=O)NC(COC1OC(CO)C(OC2OC(CO)C(O)C(O)C2O)C(O)C1O)C(O)/C=C/CCCCCCC. The first-order chi connectivity index (χ1) is 34.1. The average Bonchev–Trinajstić information content (AvgIpc) is 3.36. The second-order valence-corrected chi connectivity index (χ2v) is 17.9. The highest BCUT2D eigenvalue weighted by atomic mass is 16.7. The molecular formula is C56H91NO13. The summed E-state index contributed by atoms with van der Waals surface area (Å²) in [6.07, 6.45) is 40.2. The lowest BCUT2D eigenvalue weighted by Crippen LogP contribution is -2.65. The average molecular weight is 986 g/mol. The summed E-state index contributed by atoms with van der Waals surface area (Å²) in [6.45, 7) is 2.55. The number of aliphatic hydroxyl groups excluding tert-OH is 8. The number of aliphatic hydroxyl groups is 8. The fraction of sp³-hybridized carbons (Fsp3) is 0.661. The Balaban J connectivity index is 1.71. The molecule has 12 atom stereocenters. The predicted molar refractivity (Wildman–Crippen MR) is 276 cm³/mol. The predicted octanol–water partition coefficient (Wildman–Crippen LogP) is 7.32. The minimum absolute atomic E-state index is 0.243. The van der Waals surface area contributed by atoms with Crippen molar-refractivity contribution in [2.75, 3.05) is 19.8 Å². The Morgan fingerprint density at radius 1 is 0.529 bits per heavy atom. The molecule has 12 unspecified atom stereocenters. The van der Waals surface area contributed by atoms with Crippen molar-refractivity contribution in [2.24, 2.45) is 0 Å². The zero-order valence-electron chi connectivity index (χ0n) is 42.2. The number of carbonyl (C=O) groups is 1. The lowest BCUT2D eigenvalue weighted by Gasteiger charge is -2.46. The number of hydrogen-bond donors (Lipinski definition) is 9. The number of amides is 1. The zero-order valence-corrected chi connectivity index (χ0v) is 42.2. The molecule has 2 rings (SSSR count). The van der Waals surface area contributed by atoms with E-state index < -0.39 is 86.8 Å². The van der Waals surface area contributed by atoms with Gasteiger partial charge < -0.3 is 65.1 Å². The van der Waals surface area contributed by atoms with Crippen LogP contribution in [0.2, 0.25) is 0 Å². The minimum atomic E-state index is -1.79. The van der Waals surface area contributed by atoms with Gasteiger partial charge in [0.05, 0.1) is 32.0 Å². The topological polar surface area (TPSA) is 228 Å². The first kappa shape index (κ1) is 62.8. The molecule has 14 nitrogen and oxygen atoms in total. The lowest BCUT2D eigenvalue weighted by atomic mass is 9.97. The molecule has 0 aromatic heterocycles. The van der Waals surface area contributed by atoms with E-state index in [0.717, 1.165) is 109 Å². The van der Waals surface area contributed by atoms with Gasteiger partial charge in [-0.2, -0.15) is 0 Å². The van der Waals surface area contributed by atoms with Crippen molar-refractivity contribution >= 4 is 5.91 Å². The van der Waals surface area contributed by atoms with Crippen LogP contribution in [0.5, 0.6) is 0 Å². The standard InChI is InChI=1S/C56H91NO13/c1-3-5-7-9-11-12-13-14-15-16-17-18-19-20-21-22-23-24-25-26-27-28-29-30-31-32-34-36-38-40-48(61)57-44(45(60)39-37-35-33-10-8-6-4-2)43-67-55-53(66)51(64)54(47(42-59)69-55)70-56-52(65)50(63)49(62)46(41-58)68-56/h5,7,11-12,14-15,17-18,20-21,23-24,26-27,29-30,37,39,44-47,49-56,58-60,62-66H,3-4,6,8-10,13,16,19,22,25,28,31-36,38,40-43H2,1-2H3,(H,57,61)/b7-5-,12-11-,15-14-,18-17-,21-20-,24-23-,27-26-,30-29-,39-37+. The molecular weight excluding hydrogens is 895 g/mol. The van der Waals surface area contributed by atoms with Gasteiger partial charge >= 0.3 is 0 Å². The zero-order chi connectivity index (χ0) is 51.0. The largest absolute Gasteiger partial charge is 0.394 e. The van der Waals surface area contributed by atoms with Gasteiger partial charge in [-0.3, -0.25) is 4.79 Å². The third kappa shape index (κ3) is 27.5. The third-order valence-corrected chi connectivity index (χ3v) is 12.0. The van der Waals surface area contributed by atoms with Crippen molar-refractivity contribution in [1.29, 1.82) is 0 Å². The van der Waals surface area contributed by atoms with Gasteiger partial charge in [-0.1, -0.05) is 162 Å². The molecule has 2 aliphatic heterocycles. The van der Waals surface area contributed by atoms with E-state index in [1.165, 1.54) is 6.42 Å². The molecule has 0 spiro atoms. The summed E-state index contributed by atoms with van der Waals surface area (Å²) in [5.41, 5.74) is 0. The van der Waals surface area contributed by atoms with Crippen LogP contribution in [-0.4, -0.2) is 140 Å². The Hall–Kier alpha value is -3.35. The molecule has 2 aliphatic rings. The molecule has 14 heteroatoms. The summed E-state index contributed by atoms with van der Waals surface area (Å²) in [5, 5.41) is 86.4. The summed E-state index contributed by atoms with van der Waals surface area (Å²) in [6, 6.07) is -0.933. The monoisotopic (exact) mass is 986 g/mol. The number of allylic oxidation sites excluding steroid dienone is 17. The van der Waals surface area contributed by atoms with Crippen LogP contribution in [0, 0.1) is 0 Å². The minimum Gasteiger partial charge on any atom is -0.394 e. The molecule has 0 aromatic carbocycles. The van der Waals surface area contributed by atoms with Crippen molar-refractivity contribution < 1.29 is 64.6 Å². The smallest absolute Gasteiger partial charge is 0.220 e. The first-order valence-corrected chi connectivity index (χ1v) is 26.1. The summed E-state index contributed by atoms with van der Waals surface area (Å²) in [4.78, 5) is 13.1. The van der Waals surface area contributed by atoms with Crippen LogP contribution in [0.25, 0.3) is 0 Å². The van der Waals surface area contributed by atoms with Gasteiger partial charge in [0.25, 0.3) is 0 Å². The van der Waals surface area contributed by atoms with Crippen LogP contribution in [0.4, 0.5) is 0 Å². The van der Waals surface area contributed by atoms with Crippen LogP contribution >= 0.6 is 0 Å². The van der Waals surface area contributed by atoms with E-state index in [-0.39, 0.29) is 18.9 Å². The number of unbranched alkanes of at least 4 members (excludes halogenated alkanes) is 9. The molecule has 0 bridgehead atoms. The molecule has 0 saturated carbocycles. The Morgan fingerprint density at radius 2 is 0.986 bits per heavy atom. The Morgan fingerprint density at radius 3 is 1.50 bits per heavy atom. The maximum atomic E-state index is 13.1. The van der Waals surface area contributed by atoms with E-state index in [1.807, 2.05) is 6.08 Å². The van der Waals surface area contributed by atoms with Crippen LogP contribution < -0.4 is 5.32 Å². The van der Waals surface area contributed by atoms with Gasteiger partial charge in [-0.15, -0.1) is 0 Å². The van der Waals surface area contributed by atoms with E-state index in [0.29, 0.717) is 6.42 Å². The van der Waals surface area contributed by atoms with Crippen molar-refractivity contribution in [1.82, 2.24) is 5.32 Å². The van der Waals surface area contributed by atoms with Crippen molar-refractivity contribution in [2.45, 2.75) is 216 Å². The Bertz CT molecular complexity index is 1590. The molecule has 0 radical (unpaired) electrons. The molecule has 0 aromatic rings. The van der Waals surface area contributed by atoms with Crippen molar-refractivity contribution in [3.8, 4) is 0 Å². The molecule has 2 fully saturated rings. The van der Waals surface area contributed by atoms with E-state index in [1.54, 1.807) is 6.08 Å². The number of ether oxygens (including phenoxy) is 4. The first-order valence-electron chi connectivity index (χ1n) is 26.1. The second kappa shape index (κ2) is 41.2. The summed E-state index contributed by atoms with van der Waals surface area (Å²) < 4.78 is 22.6. The maximum Gasteiger partial charge on any atom is 0.220 e. The lowest BCUT2D eigenvalue weighted by molar-refractivity contribution is -0.359. The number of nitrogens with one attached hydrogen (secondary N) is 1.